The van der Waals surface area contributed by atoms with Gasteiger partial charge in [0.2, 0.25) is 11.8 Å². The summed E-state index contributed by atoms with van der Waals surface area (Å²) in [7, 11) is 0. The van der Waals surface area contributed by atoms with Crippen molar-refractivity contribution in [3.8, 4) is 5.75 Å². The number of phenolic OH excluding ortho intramolecular Hbond substituents is 1. The topological polar surface area (TPSA) is 94.0 Å². The normalized spacial score (nSPS) is 28.2. The summed E-state index contributed by atoms with van der Waals surface area (Å²) >= 11 is 0. The number of rotatable bonds is 6. The molecule has 1 saturated heterocycles. The second-order valence-corrected chi connectivity index (χ2v) is 7.62. The number of hydrogen-bond donors (Lipinski definition) is 3. The minimum atomic E-state index is -0.143. The molecule has 3 N–H and O–H groups in total. The number of guanidine groups is 1. The summed E-state index contributed by atoms with van der Waals surface area (Å²) in [5.41, 5.74) is 0.901. The van der Waals surface area contributed by atoms with E-state index >= 15 is 0 Å². The van der Waals surface area contributed by atoms with E-state index in [0.717, 1.165) is 12.0 Å². The van der Waals surface area contributed by atoms with Gasteiger partial charge in [0, 0.05) is 19.6 Å². The number of phenols is 1. The largest absolute Gasteiger partial charge is 0.508 e. The SMILES string of the molecule is CCNC(=NCc1cccc(O)c1)NCCN1C(=O)C2C3C=CC(C3)C2C1=O. The molecule has 1 saturated carbocycles. The van der Waals surface area contributed by atoms with Crippen LogP contribution in [0.5, 0.6) is 5.75 Å². The smallest absolute Gasteiger partial charge is 0.233 e. The second-order valence-electron chi connectivity index (χ2n) is 7.62. The molecule has 4 atom stereocenters. The number of aliphatic imine (C=N–C) groups is 1. The number of allylic oxidation sites excluding steroid dienone is 2. The number of hydrogen-bond acceptors (Lipinski definition) is 4. The zero-order valence-corrected chi connectivity index (χ0v) is 16.0. The van der Waals surface area contributed by atoms with Crippen molar-refractivity contribution in [1.29, 1.82) is 0 Å². The Labute approximate surface area is 164 Å². The number of carbonyl (C=O) groups excluding carboxylic acids is 2. The van der Waals surface area contributed by atoms with Crippen LogP contribution in [0.15, 0.2) is 41.4 Å². The van der Waals surface area contributed by atoms with Crippen LogP contribution in [0.25, 0.3) is 0 Å². The molecular weight excluding hydrogens is 356 g/mol. The van der Waals surface area contributed by atoms with Gasteiger partial charge in [-0.05, 0) is 42.9 Å². The van der Waals surface area contributed by atoms with Crippen LogP contribution in [0, 0.1) is 23.7 Å². The highest BCUT2D eigenvalue weighted by molar-refractivity contribution is 6.06. The highest BCUT2D eigenvalue weighted by Gasteiger charge is 2.58. The Hall–Kier alpha value is -2.83. The van der Waals surface area contributed by atoms with E-state index in [1.165, 1.54) is 4.90 Å². The molecule has 0 radical (unpaired) electrons. The predicted molar refractivity (Wildman–Crippen MR) is 105 cm³/mol. The number of imide groups is 1. The van der Waals surface area contributed by atoms with Crippen LogP contribution < -0.4 is 10.6 Å². The number of aromatic hydroxyl groups is 1. The van der Waals surface area contributed by atoms with E-state index < -0.39 is 0 Å². The summed E-state index contributed by atoms with van der Waals surface area (Å²) in [6.07, 6.45) is 5.16. The molecular formula is C21H26N4O3. The quantitative estimate of drug-likeness (QED) is 0.298. The summed E-state index contributed by atoms with van der Waals surface area (Å²) < 4.78 is 0. The molecule has 1 aromatic rings. The van der Waals surface area contributed by atoms with E-state index in [9.17, 15) is 14.7 Å². The Kier molecular flexibility index (Phi) is 5.07. The lowest BCUT2D eigenvalue weighted by Crippen LogP contribution is -2.43. The summed E-state index contributed by atoms with van der Waals surface area (Å²) in [6.45, 7) is 3.90. The second kappa shape index (κ2) is 7.66. The van der Waals surface area contributed by atoms with Crippen molar-refractivity contribution < 1.29 is 14.7 Å². The van der Waals surface area contributed by atoms with Gasteiger partial charge in [-0.1, -0.05) is 24.3 Å². The van der Waals surface area contributed by atoms with Crippen LogP contribution in [0.3, 0.4) is 0 Å². The molecule has 28 heavy (non-hydrogen) atoms. The number of likely N-dealkylation sites (tertiary alicyclic amines) is 1. The third-order valence-corrected chi connectivity index (χ3v) is 5.86. The van der Waals surface area contributed by atoms with Crippen LogP contribution in [0.1, 0.15) is 18.9 Å². The molecule has 3 aliphatic rings. The summed E-state index contributed by atoms with van der Waals surface area (Å²) in [5.74, 6) is 0.991. The van der Waals surface area contributed by atoms with E-state index in [-0.39, 0.29) is 41.2 Å². The molecule has 1 aromatic carbocycles. The molecule has 4 rings (SSSR count). The first-order valence-corrected chi connectivity index (χ1v) is 9.92. The highest BCUT2D eigenvalue weighted by atomic mass is 16.3. The van der Waals surface area contributed by atoms with Gasteiger partial charge < -0.3 is 15.7 Å². The van der Waals surface area contributed by atoms with Crippen LogP contribution >= 0.6 is 0 Å². The van der Waals surface area contributed by atoms with Crippen LogP contribution in [-0.2, 0) is 16.1 Å². The predicted octanol–water partition coefficient (Wildman–Crippen LogP) is 1.25. The lowest BCUT2D eigenvalue weighted by Gasteiger charge is -2.18. The molecule has 148 valence electrons. The fourth-order valence-electron chi connectivity index (χ4n) is 4.64. The van der Waals surface area contributed by atoms with Crippen molar-refractivity contribution in [2.45, 2.75) is 19.9 Å². The van der Waals surface area contributed by atoms with Crippen molar-refractivity contribution >= 4 is 17.8 Å². The molecule has 0 spiro atoms. The van der Waals surface area contributed by atoms with E-state index in [0.29, 0.717) is 32.1 Å². The summed E-state index contributed by atoms with van der Waals surface area (Å²) in [5, 5.41) is 15.9. The van der Waals surface area contributed by atoms with Gasteiger partial charge in [0.05, 0.1) is 18.4 Å². The first kappa shape index (κ1) is 18.5. The van der Waals surface area contributed by atoms with Crippen molar-refractivity contribution in [2.75, 3.05) is 19.6 Å². The fraction of sp³-hybridized carbons (Fsp3) is 0.476. The monoisotopic (exact) mass is 382 g/mol. The summed E-state index contributed by atoms with van der Waals surface area (Å²) in [6, 6.07) is 6.98. The maximum absolute atomic E-state index is 12.7. The molecule has 1 aliphatic heterocycles. The van der Waals surface area contributed by atoms with Crippen molar-refractivity contribution in [3.05, 3.63) is 42.0 Å². The highest BCUT2D eigenvalue weighted by Crippen LogP contribution is 2.52. The van der Waals surface area contributed by atoms with Crippen LogP contribution in [0.4, 0.5) is 0 Å². The lowest BCUT2D eigenvalue weighted by atomic mass is 9.85. The minimum Gasteiger partial charge on any atom is -0.508 e. The third kappa shape index (κ3) is 3.37. The first-order valence-electron chi connectivity index (χ1n) is 9.92. The van der Waals surface area contributed by atoms with Crippen molar-refractivity contribution in [2.24, 2.45) is 28.7 Å². The maximum Gasteiger partial charge on any atom is 0.233 e. The first-order chi connectivity index (χ1) is 13.6. The number of nitrogens with one attached hydrogen (secondary N) is 2. The molecule has 2 bridgehead atoms. The zero-order valence-electron chi connectivity index (χ0n) is 16.0. The van der Waals surface area contributed by atoms with Crippen LogP contribution in [0.2, 0.25) is 0 Å². The van der Waals surface area contributed by atoms with E-state index in [4.69, 9.17) is 0 Å². The van der Waals surface area contributed by atoms with Crippen molar-refractivity contribution in [1.82, 2.24) is 15.5 Å². The van der Waals surface area contributed by atoms with Gasteiger partial charge in [-0.25, -0.2) is 4.99 Å². The van der Waals surface area contributed by atoms with Gasteiger partial charge in [0.25, 0.3) is 0 Å². The van der Waals surface area contributed by atoms with E-state index in [1.807, 2.05) is 13.0 Å². The number of nitrogens with zero attached hydrogens (tertiary/aromatic N) is 2. The molecule has 7 heteroatoms. The molecule has 7 nitrogen and oxygen atoms in total. The number of benzene rings is 1. The zero-order chi connectivity index (χ0) is 19.7. The van der Waals surface area contributed by atoms with Gasteiger partial charge in [0.15, 0.2) is 5.96 Å². The number of amides is 2. The van der Waals surface area contributed by atoms with Gasteiger partial charge in [0.1, 0.15) is 5.75 Å². The van der Waals surface area contributed by atoms with Crippen molar-refractivity contribution in [3.63, 3.8) is 0 Å². The number of carbonyl (C=O) groups is 2. The minimum absolute atomic E-state index is 0.0182. The maximum atomic E-state index is 12.7. The standard InChI is InChI=1S/C21H26N4O3/c1-2-22-21(24-12-13-4-3-5-16(26)10-13)23-8-9-25-19(27)17-14-6-7-15(11-14)18(17)20(25)28/h3-7,10,14-15,17-18,26H,2,8-9,11-12H2,1H3,(H2,22,23,24). The molecule has 2 fully saturated rings. The average molecular weight is 382 g/mol. The molecule has 2 amide bonds. The Balaban J connectivity index is 1.33. The van der Waals surface area contributed by atoms with Crippen LogP contribution in [-0.4, -0.2) is 47.4 Å². The Bertz CT molecular complexity index is 805. The Morgan fingerprint density at radius 1 is 1.18 bits per heavy atom. The van der Waals surface area contributed by atoms with Gasteiger partial charge in [-0.15, -0.1) is 0 Å². The average Bonchev–Trinajstić information content (AvgIpc) is 3.35. The Morgan fingerprint density at radius 3 is 2.54 bits per heavy atom. The van der Waals surface area contributed by atoms with Gasteiger partial charge in [-0.2, -0.15) is 0 Å². The van der Waals surface area contributed by atoms with Gasteiger partial charge >= 0.3 is 0 Å². The molecule has 2 aliphatic carbocycles. The lowest BCUT2D eigenvalue weighted by molar-refractivity contribution is -0.140. The molecule has 4 unspecified atom stereocenters. The van der Waals surface area contributed by atoms with E-state index in [1.54, 1.807) is 18.2 Å². The summed E-state index contributed by atoms with van der Waals surface area (Å²) in [4.78, 5) is 31.3. The van der Waals surface area contributed by atoms with E-state index in [2.05, 4.69) is 27.8 Å². The fourth-order valence-corrected chi connectivity index (χ4v) is 4.64. The molecule has 0 aromatic heterocycles. The third-order valence-electron chi connectivity index (χ3n) is 5.86. The van der Waals surface area contributed by atoms with Gasteiger partial charge in [-0.3, -0.25) is 14.5 Å². The Morgan fingerprint density at radius 2 is 1.89 bits per heavy atom. The number of fused-ring (bicyclic) bond motifs is 5. The molecule has 1 heterocycles.